The summed E-state index contributed by atoms with van der Waals surface area (Å²) in [7, 11) is -0.931. The molecule has 80 valence electrons. The predicted molar refractivity (Wildman–Crippen MR) is 60.5 cm³/mol. The van der Waals surface area contributed by atoms with E-state index in [0.29, 0.717) is 5.92 Å². The second kappa shape index (κ2) is 3.41. The van der Waals surface area contributed by atoms with Gasteiger partial charge in [0, 0.05) is 12.5 Å². The van der Waals surface area contributed by atoms with E-state index in [4.69, 9.17) is 0 Å². The molecule has 3 aliphatic carbocycles. The molecule has 1 fully saturated rings. The molecule has 1 aromatic rings. The largest absolute Gasteiger partial charge is 0.253 e. The van der Waals surface area contributed by atoms with E-state index in [0.717, 1.165) is 10.9 Å². The van der Waals surface area contributed by atoms with Crippen molar-refractivity contribution < 1.29 is 4.21 Å². The number of pyridine rings is 1. The van der Waals surface area contributed by atoms with Gasteiger partial charge in [-0.15, -0.1) is 0 Å². The summed E-state index contributed by atoms with van der Waals surface area (Å²) in [5, 5.41) is 0.849. The Kier molecular flexibility index (Phi) is 2.16. The van der Waals surface area contributed by atoms with Crippen LogP contribution in [0.15, 0.2) is 17.3 Å². The van der Waals surface area contributed by atoms with Gasteiger partial charge in [-0.3, -0.25) is 4.21 Å². The van der Waals surface area contributed by atoms with E-state index < -0.39 is 10.8 Å². The summed E-state index contributed by atoms with van der Waals surface area (Å²) in [5.74, 6) is 1.35. The molecule has 1 heterocycles. The number of fused-ring (bicyclic) bond motifs is 2. The van der Waals surface area contributed by atoms with Crippen molar-refractivity contribution in [3.63, 3.8) is 0 Å². The lowest BCUT2D eigenvalue weighted by Gasteiger charge is -2.38. The highest BCUT2D eigenvalue weighted by atomic mass is 32.2. The fourth-order valence-corrected chi connectivity index (χ4v) is 3.96. The van der Waals surface area contributed by atoms with Crippen molar-refractivity contribution in [2.45, 2.75) is 42.5 Å². The van der Waals surface area contributed by atoms with Gasteiger partial charge in [0.1, 0.15) is 5.03 Å². The molecule has 0 aromatic carbocycles. The van der Waals surface area contributed by atoms with Crippen LogP contribution in [-0.4, -0.2) is 15.4 Å². The van der Waals surface area contributed by atoms with Gasteiger partial charge >= 0.3 is 0 Å². The van der Waals surface area contributed by atoms with Crippen molar-refractivity contribution in [2.75, 3.05) is 6.26 Å². The first-order valence-electron chi connectivity index (χ1n) is 5.59. The lowest BCUT2D eigenvalue weighted by atomic mass is 9.68. The average molecular weight is 221 g/mol. The molecule has 0 aliphatic heterocycles. The third kappa shape index (κ3) is 1.36. The van der Waals surface area contributed by atoms with Gasteiger partial charge in [0.25, 0.3) is 0 Å². The molecule has 1 atom stereocenters. The maximum atomic E-state index is 11.6. The van der Waals surface area contributed by atoms with E-state index in [9.17, 15) is 4.21 Å². The van der Waals surface area contributed by atoms with Crippen LogP contribution in [0.25, 0.3) is 0 Å². The Labute approximate surface area is 92.6 Å². The van der Waals surface area contributed by atoms with E-state index in [1.165, 1.54) is 36.8 Å². The maximum Gasteiger partial charge on any atom is 0.130 e. The van der Waals surface area contributed by atoms with Gasteiger partial charge in [-0.05, 0) is 54.7 Å². The maximum absolute atomic E-state index is 11.6. The highest BCUT2D eigenvalue weighted by Crippen LogP contribution is 2.50. The van der Waals surface area contributed by atoms with Crippen molar-refractivity contribution in [1.82, 2.24) is 4.98 Å². The van der Waals surface area contributed by atoms with E-state index in [1.54, 1.807) is 6.26 Å². The number of hydrogen-bond donors (Lipinski definition) is 0. The molecule has 3 heteroatoms. The quantitative estimate of drug-likeness (QED) is 0.729. The Morgan fingerprint density at radius 1 is 1.27 bits per heavy atom. The summed E-state index contributed by atoms with van der Waals surface area (Å²) >= 11 is 0. The summed E-state index contributed by atoms with van der Waals surface area (Å²) in [5.41, 5.74) is 2.78. The highest BCUT2D eigenvalue weighted by molar-refractivity contribution is 7.84. The molecule has 0 spiro atoms. The zero-order valence-corrected chi connectivity index (χ0v) is 9.72. The molecule has 0 amide bonds. The van der Waals surface area contributed by atoms with Gasteiger partial charge in [0.05, 0.1) is 10.8 Å². The zero-order chi connectivity index (χ0) is 10.4. The summed E-state index contributed by atoms with van der Waals surface area (Å²) in [4.78, 5) is 4.31. The van der Waals surface area contributed by atoms with Crippen LogP contribution < -0.4 is 0 Å². The van der Waals surface area contributed by atoms with Gasteiger partial charge in [-0.2, -0.15) is 0 Å². The lowest BCUT2D eigenvalue weighted by Crippen LogP contribution is -2.23. The van der Waals surface area contributed by atoms with E-state index in [1.807, 2.05) is 6.20 Å². The van der Waals surface area contributed by atoms with Crippen LogP contribution in [0.2, 0.25) is 0 Å². The summed E-state index contributed by atoms with van der Waals surface area (Å²) in [6.07, 6.45) is 8.75. The van der Waals surface area contributed by atoms with Crippen LogP contribution >= 0.6 is 0 Å². The minimum absolute atomic E-state index is 0.637. The minimum Gasteiger partial charge on any atom is -0.253 e. The fraction of sp³-hybridized carbons (Fsp3) is 0.583. The third-order valence-electron chi connectivity index (χ3n) is 3.83. The first-order chi connectivity index (χ1) is 7.27. The van der Waals surface area contributed by atoms with Gasteiger partial charge in [0.15, 0.2) is 0 Å². The van der Waals surface area contributed by atoms with Crippen LogP contribution in [0.1, 0.15) is 48.6 Å². The molecule has 0 radical (unpaired) electrons. The van der Waals surface area contributed by atoms with E-state index in [2.05, 4.69) is 11.1 Å². The Balaban J connectivity index is 2.22. The van der Waals surface area contributed by atoms with Crippen LogP contribution in [0.5, 0.6) is 0 Å². The first kappa shape index (κ1) is 9.52. The van der Waals surface area contributed by atoms with Crippen molar-refractivity contribution in [2.24, 2.45) is 0 Å². The van der Waals surface area contributed by atoms with Gasteiger partial charge in [-0.1, -0.05) is 0 Å². The second-order valence-corrected chi connectivity index (χ2v) is 5.92. The van der Waals surface area contributed by atoms with E-state index in [-0.39, 0.29) is 0 Å². The van der Waals surface area contributed by atoms with Crippen LogP contribution in [0.3, 0.4) is 0 Å². The highest BCUT2D eigenvalue weighted by Gasteiger charge is 2.35. The Hall–Kier alpha value is -0.700. The fourth-order valence-electron chi connectivity index (χ4n) is 3.16. The minimum atomic E-state index is -0.931. The summed E-state index contributed by atoms with van der Waals surface area (Å²) in [6.45, 7) is 0. The molecule has 1 aromatic heterocycles. The monoisotopic (exact) mass is 221 g/mol. The van der Waals surface area contributed by atoms with Crippen molar-refractivity contribution >= 4 is 10.8 Å². The average Bonchev–Trinajstić information content (AvgIpc) is 2.30. The molecule has 0 unspecified atom stereocenters. The van der Waals surface area contributed by atoms with E-state index >= 15 is 0 Å². The van der Waals surface area contributed by atoms with Crippen molar-refractivity contribution in [3.05, 3.63) is 23.4 Å². The van der Waals surface area contributed by atoms with Crippen LogP contribution in [-0.2, 0) is 10.8 Å². The molecule has 0 N–H and O–H groups in total. The molecule has 2 nitrogen and oxygen atoms in total. The normalized spacial score (nSPS) is 29.9. The SMILES string of the molecule is C[S@](=O)c1nccc2c1C1CCC2CC1. The van der Waals surface area contributed by atoms with Crippen LogP contribution in [0, 0.1) is 0 Å². The second-order valence-electron chi connectivity index (χ2n) is 4.62. The number of aromatic nitrogens is 1. The molecule has 2 bridgehead atoms. The Morgan fingerprint density at radius 2 is 1.93 bits per heavy atom. The molecular formula is C12H15NOS. The Morgan fingerprint density at radius 3 is 2.60 bits per heavy atom. The standard InChI is InChI=1S/C12H15NOS/c1-15(14)12-11-9-4-2-8(3-5-9)10(11)6-7-13-12/h6-9H,2-5H2,1H3/t8?,9?,15-/m0/s1. The summed E-state index contributed by atoms with van der Waals surface area (Å²) < 4.78 is 11.6. The number of nitrogens with zero attached hydrogens (tertiary/aromatic N) is 1. The third-order valence-corrected chi connectivity index (χ3v) is 4.70. The van der Waals surface area contributed by atoms with Gasteiger partial charge < -0.3 is 0 Å². The number of rotatable bonds is 1. The summed E-state index contributed by atoms with van der Waals surface area (Å²) in [6, 6.07) is 2.14. The first-order valence-corrected chi connectivity index (χ1v) is 7.15. The molecule has 1 saturated carbocycles. The molecule has 3 aliphatic rings. The molecular weight excluding hydrogens is 206 g/mol. The van der Waals surface area contributed by atoms with Gasteiger partial charge in [-0.25, -0.2) is 4.98 Å². The topological polar surface area (TPSA) is 30.0 Å². The molecule has 4 rings (SSSR count). The Bertz CT molecular complexity index is 422. The lowest BCUT2D eigenvalue weighted by molar-refractivity contribution is 0.351. The van der Waals surface area contributed by atoms with Crippen molar-refractivity contribution in [1.29, 1.82) is 0 Å². The molecule has 15 heavy (non-hydrogen) atoms. The molecule has 0 saturated heterocycles. The van der Waals surface area contributed by atoms with Gasteiger partial charge in [0.2, 0.25) is 0 Å². The zero-order valence-electron chi connectivity index (χ0n) is 8.90. The number of hydrogen-bond acceptors (Lipinski definition) is 2. The van der Waals surface area contributed by atoms with Crippen molar-refractivity contribution in [3.8, 4) is 0 Å². The predicted octanol–water partition coefficient (Wildman–Crippen LogP) is 2.57. The smallest absolute Gasteiger partial charge is 0.130 e. The van der Waals surface area contributed by atoms with Crippen LogP contribution in [0.4, 0.5) is 0 Å².